The molecule has 0 bridgehead atoms. The molecular formula is C52H49N4O7P. The molecule has 2 unspecified atom stereocenters. The summed E-state index contributed by atoms with van der Waals surface area (Å²) in [5.41, 5.74) is 1.43. The molecule has 1 fully saturated rings. The normalized spacial score (nSPS) is 18.2. The van der Waals surface area contributed by atoms with Gasteiger partial charge in [-0.25, -0.2) is 11.4 Å². The SMILES string of the molecule is [C-]#[N+]CCP(C)OC1[C@@H](COC(c2ccccc2)(c2ccc(OC)cc2)c2ccc(OC)cc2)O[C@@H](n2ccc(=O)[nH]c2=O)[C@H]1N(C)Cc1ccc2ccc3cccc4ccc1c2c34. The number of aromatic amines is 1. The first-order valence-corrected chi connectivity index (χ1v) is 23.1. The molecule has 0 amide bonds. The van der Waals surface area contributed by atoms with Crippen LogP contribution in [-0.4, -0.2) is 79.9 Å². The molecule has 1 aromatic heterocycles. The third-order valence-electron chi connectivity index (χ3n) is 12.4. The molecule has 0 spiro atoms. The van der Waals surface area contributed by atoms with Crippen LogP contribution in [0.5, 0.6) is 11.5 Å². The molecule has 324 valence electrons. The van der Waals surface area contributed by atoms with Crippen LogP contribution in [0.1, 0.15) is 28.5 Å². The zero-order valence-electron chi connectivity index (χ0n) is 36.1. The number of ether oxygens (including phenoxy) is 4. The fraction of sp³-hybridized carbons (Fsp3) is 0.250. The van der Waals surface area contributed by atoms with Crippen LogP contribution < -0.4 is 20.7 Å². The highest BCUT2D eigenvalue weighted by Gasteiger charge is 2.51. The Hall–Kier alpha value is -6.38. The van der Waals surface area contributed by atoms with Crippen molar-refractivity contribution in [3.05, 3.63) is 200 Å². The molecule has 7 aromatic carbocycles. The Morgan fingerprint density at radius 3 is 2.00 bits per heavy atom. The van der Waals surface area contributed by atoms with Crippen molar-refractivity contribution in [2.45, 2.75) is 36.6 Å². The molecule has 2 heterocycles. The summed E-state index contributed by atoms with van der Waals surface area (Å²) in [6.07, 6.45) is -0.223. The van der Waals surface area contributed by atoms with Gasteiger partial charge in [-0.15, -0.1) is 0 Å². The van der Waals surface area contributed by atoms with Crippen molar-refractivity contribution in [2.24, 2.45) is 0 Å². The first-order valence-electron chi connectivity index (χ1n) is 21.2. The number of hydrogen-bond donors (Lipinski definition) is 1. The molecule has 1 saturated heterocycles. The van der Waals surface area contributed by atoms with Crippen molar-refractivity contribution in [3.8, 4) is 11.5 Å². The molecule has 1 aliphatic rings. The Balaban J connectivity index is 1.16. The first kappa shape index (κ1) is 42.9. The summed E-state index contributed by atoms with van der Waals surface area (Å²) in [7, 11) is 4.18. The predicted octanol–water partition coefficient (Wildman–Crippen LogP) is 9.19. The van der Waals surface area contributed by atoms with Crippen LogP contribution in [0, 0.1) is 6.57 Å². The van der Waals surface area contributed by atoms with Gasteiger partial charge >= 0.3 is 5.69 Å². The third kappa shape index (κ3) is 8.04. The van der Waals surface area contributed by atoms with Gasteiger partial charge in [-0.3, -0.25) is 19.2 Å². The highest BCUT2D eigenvalue weighted by Crippen LogP contribution is 2.47. The van der Waals surface area contributed by atoms with E-state index < -0.39 is 49.5 Å². The van der Waals surface area contributed by atoms with Crippen molar-refractivity contribution < 1.29 is 23.5 Å². The summed E-state index contributed by atoms with van der Waals surface area (Å²) in [5, 5.41) is 7.12. The van der Waals surface area contributed by atoms with Crippen LogP contribution in [0.25, 0.3) is 37.2 Å². The maximum atomic E-state index is 13.8. The van der Waals surface area contributed by atoms with E-state index in [9.17, 15) is 9.59 Å². The Morgan fingerprint density at radius 1 is 0.766 bits per heavy atom. The third-order valence-corrected chi connectivity index (χ3v) is 13.9. The summed E-state index contributed by atoms with van der Waals surface area (Å²) < 4.78 is 34.2. The highest BCUT2D eigenvalue weighted by molar-refractivity contribution is 7.51. The van der Waals surface area contributed by atoms with Gasteiger partial charge in [-0.1, -0.05) is 109 Å². The second kappa shape index (κ2) is 18.4. The summed E-state index contributed by atoms with van der Waals surface area (Å²) in [6, 6.07) is 46.0. The molecule has 0 saturated carbocycles. The van der Waals surface area contributed by atoms with Gasteiger partial charge in [0.2, 0.25) is 6.54 Å². The van der Waals surface area contributed by atoms with E-state index in [4.69, 9.17) is 30.0 Å². The van der Waals surface area contributed by atoms with Crippen LogP contribution in [0.2, 0.25) is 0 Å². The Kier molecular flexibility index (Phi) is 12.3. The smallest absolute Gasteiger partial charge is 0.330 e. The van der Waals surface area contributed by atoms with E-state index in [-0.39, 0.29) is 6.61 Å². The maximum Gasteiger partial charge on any atom is 0.330 e. The van der Waals surface area contributed by atoms with Crippen LogP contribution in [0.15, 0.2) is 155 Å². The molecule has 11 nitrogen and oxygen atoms in total. The number of rotatable bonds is 16. The molecule has 1 N–H and O–H groups in total. The molecule has 0 radical (unpaired) electrons. The number of H-pyrrole nitrogens is 1. The summed E-state index contributed by atoms with van der Waals surface area (Å²) in [4.78, 5) is 34.5. The first-order chi connectivity index (χ1) is 31.2. The van der Waals surface area contributed by atoms with Crippen molar-refractivity contribution in [1.29, 1.82) is 0 Å². The summed E-state index contributed by atoms with van der Waals surface area (Å²) in [5.74, 6) is 1.40. The minimum Gasteiger partial charge on any atom is -0.497 e. The van der Waals surface area contributed by atoms with E-state index in [1.165, 1.54) is 38.4 Å². The molecule has 0 aliphatic carbocycles. The fourth-order valence-electron chi connectivity index (χ4n) is 9.35. The molecule has 9 rings (SSSR count). The van der Waals surface area contributed by atoms with E-state index in [1.807, 2.05) is 92.6 Å². The van der Waals surface area contributed by atoms with Gasteiger partial charge in [-0.05, 0) is 92.5 Å². The Labute approximate surface area is 372 Å². The lowest BCUT2D eigenvalue weighted by Crippen LogP contribution is -2.48. The van der Waals surface area contributed by atoms with Crippen molar-refractivity contribution in [2.75, 3.05) is 47.2 Å². The number of nitrogens with one attached hydrogen (secondary N) is 1. The number of benzene rings is 7. The zero-order chi connectivity index (χ0) is 44.4. The minimum absolute atomic E-state index is 0.0291. The monoisotopic (exact) mass is 872 g/mol. The number of hydrogen-bond acceptors (Lipinski definition) is 8. The van der Waals surface area contributed by atoms with Crippen LogP contribution in [0.3, 0.4) is 0 Å². The van der Waals surface area contributed by atoms with Gasteiger partial charge in [0, 0.05) is 27.0 Å². The maximum absolute atomic E-state index is 13.8. The Morgan fingerprint density at radius 2 is 1.38 bits per heavy atom. The molecule has 5 atom stereocenters. The van der Waals surface area contributed by atoms with Gasteiger partial charge in [0.15, 0.2) is 6.23 Å². The number of aromatic nitrogens is 2. The minimum atomic E-state index is -1.16. The zero-order valence-corrected chi connectivity index (χ0v) is 37.0. The topological polar surface area (TPSA) is 109 Å². The molecule has 1 aliphatic heterocycles. The van der Waals surface area contributed by atoms with E-state index in [0.717, 1.165) is 33.0 Å². The van der Waals surface area contributed by atoms with Crippen LogP contribution >= 0.6 is 8.15 Å². The summed E-state index contributed by atoms with van der Waals surface area (Å²) >= 11 is 0. The van der Waals surface area contributed by atoms with Crippen molar-refractivity contribution in [3.63, 3.8) is 0 Å². The molecule has 8 aromatic rings. The molecular weight excluding hydrogens is 824 g/mol. The predicted molar refractivity (Wildman–Crippen MR) is 253 cm³/mol. The molecule has 64 heavy (non-hydrogen) atoms. The lowest BCUT2D eigenvalue weighted by molar-refractivity contribution is -0.0922. The number of likely N-dealkylation sites (N-methyl/N-ethyl adjacent to an activating group) is 1. The van der Waals surface area contributed by atoms with Gasteiger partial charge in [0.25, 0.3) is 5.56 Å². The number of methoxy groups -OCH3 is 2. The number of nitrogens with zero attached hydrogens (tertiary/aromatic N) is 3. The average Bonchev–Trinajstić information content (AvgIpc) is 3.68. The van der Waals surface area contributed by atoms with Crippen molar-refractivity contribution in [1.82, 2.24) is 14.5 Å². The Bertz CT molecular complexity index is 2980. The van der Waals surface area contributed by atoms with Gasteiger partial charge in [0.1, 0.15) is 29.3 Å². The van der Waals surface area contributed by atoms with Crippen molar-refractivity contribution >= 4 is 40.5 Å². The fourth-order valence-corrected chi connectivity index (χ4v) is 10.5. The quantitative estimate of drug-likeness (QED) is 0.0444. The van der Waals surface area contributed by atoms with E-state index in [1.54, 1.807) is 14.2 Å². The largest absolute Gasteiger partial charge is 0.497 e. The van der Waals surface area contributed by atoms with E-state index in [2.05, 4.69) is 69.3 Å². The lowest BCUT2D eigenvalue weighted by atomic mass is 9.80. The standard InChI is InChI=1S/C52H49N4O7P/c1-53-29-31-64(5)63-49-44(33-61-52(38-12-7-6-8-13-38,39-19-23-41(59-3)24-20-39)40-21-25-42(60-4)26-22-40)62-50(56-30-28-45(57)54-51(56)58)48(49)55(2)32-37-17-16-36-15-14-34-10-9-11-35-18-27-43(37)47(36)46(34)35/h6-28,30,44,48-50H,29,31-33H2,2-5H3,(H,54,57,58)/t44-,48+,49?,50-,64?/m1/s1. The van der Waals surface area contributed by atoms with E-state index >= 15 is 0 Å². The van der Waals surface area contributed by atoms with Gasteiger partial charge in [0.05, 0.1) is 33.0 Å². The second-order valence-corrected chi connectivity index (χ2v) is 18.1. The second-order valence-electron chi connectivity index (χ2n) is 16.2. The van der Waals surface area contributed by atoms with Gasteiger partial charge in [-0.2, -0.15) is 0 Å². The molecule has 12 heteroatoms. The van der Waals surface area contributed by atoms with E-state index in [0.29, 0.717) is 30.8 Å². The van der Waals surface area contributed by atoms with Crippen LogP contribution in [-0.2, 0) is 26.1 Å². The highest BCUT2D eigenvalue weighted by atomic mass is 31.1. The van der Waals surface area contributed by atoms with Crippen LogP contribution in [0.4, 0.5) is 0 Å². The summed E-state index contributed by atoms with van der Waals surface area (Å²) in [6.45, 7) is 10.4. The average molecular weight is 873 g/mol. The van der Waals surface area contributed by atoms with Gasteiger partial charge < -0.3 is 28.3 Å². The lowest BCUT2D eigenvalue weighted by Gasteiger charge is -2.38.